The molecule has 2 aromatic heterocycles. The van der Waals surface area contributed by atoms with Crippen molar-refractivity contribution in [3.63, 3.8) is 0 Å². The highest BCUT2D eigenvalue weighted by molar-refractivity contribution is 7.91. The van der Waals surface area contributed by atoms with Gasteiger partial charge in [-0.05, 0) is 18.2 Å². The number of carbonyl (C=O) groups is 1. The lowest BCUT2D eigenvalue weighted by atomic mass is 10.2. The Kier molecular flexibility index (Phi) is 6.38. The highest BCUT2D eigenvalue weighted by atomic mass is 32.2. The fourth-order valence-electron chi connectivity index (χ4n) is 2.88. The highest BCUT2D eigenvalue weighted by Gasteiger charge is 2.27. The van der Waals surface area contributed by atoms with Gasteiger partial charge in [-0.3, -0.25) is 4.79 Å². The molecule has 0 aliphatic carbocycles. The second-order valence-corrected chi connectivity index (χ2v) is 9.38. The van der Waals surface area contributed by atoms with Crippen LogP contribution in [0.3, 0.4) is 0 Å². The first kappa shape index (κ1) is 22.4. The monoisotopic (exact) mass is 486 g/mol. The van der Waals surface area contributed by atoms with Crippen molar-refractivity contribution in [3.8, 4) is 34.2 Å². The maximum Gasteiger partial charge on any atom is 0.336 e. The van der Waals surface area contributed by atoms with Crippen molar-refractivity contribution in [2.24, 2.45) is 0 Å². The van der Waals surface area contributed by atoms with Crippen molar-refractivity contribution in [3.05, 3.63) is 53.9 Å². The van der Waals surface area contributed by atoms with Crippen LogP contribution in [0, 0.1) is 0 Å². The van der Waals surface area contributed by atoms with Crippen molar-refractivity contribution >= 4 is 32.2 Å². The number of hydrogen-bond acceptors (Lipinski definition) is 10. The van der Waals surface area contributed by atoms with Crippen LogP contribution in [0.25, 0.3) is 22.7 Å². The topological polar surface area (TPSA) is 134 Å². The summed E-state index contributed by atoms with van der Waals surface area (Å²) in [5.74, 6) is -0.781. The fraction of sp³-hybridized carbons (Fsp3) is 0.143. The minimum atomic E-state index is -4.17. The molecule has 0 spiro atoms. The van der Waals surface area contributed by atoms with Gasteiger partial charge >= 0.3 is 5.22 Å². The molecular formula is C21H18N4O6S2. The van der Waals surface area contributed by atoms with Crippen LogP contribution in [0.2, 0.25) is 0 Å². The van der Waals surface area contributed by atoms with Crippen molar-refractivity contribution in [1.82, 2.24) is 15.2 Å². The van der Waals surface area contributed by atoms with Gasteiger partial charge in [-0.2, -0.15) is 0 Å². The van der Waals surface area contributed by atoms with E-state index in [1.165, 1.54) is 25.6 Å². The van der Waals surface area contributed by atoms with Gasteiger partial charge in [-0.1, -0.05) is 35.4 Å². The second-order valence-electron chi connectivity index (χ2n) is 6.65. The number of nitrogens with one attached hydrogen (secondary N) is 1. The van der Waals surface area contributed by atoms with Crippen LogP contribution >= 0.6 is 11.3 Å². The summed E-state index contributed by atoms with van der Waals surface area (Å²) in [5.41, 5.74) is 1.99. The third kappa shape index (κ3) is 5.02. The number of carbonyl (C=O) groups excluding carboxylic acids is 1. The molecule has 33 heavy (non-hydrogen) atoms. The molecule has 1 N–H and O–H groups in total. The van der Waals surface area contributed by atoms with E-state index in [1.807, 2.05) is 30.3 Å². The number of anilines is 1. The van der Waals surface area contributed by atoms with Gasteiger partial charge in [0.2, 0.25) is 21.6 Å². The van der Waals surface area contributed by atoms with Gasteiger partial charge in [0, 0.05) is 16.5 Å². The number of ether oxygens (including phenoxy) is 2. The Hall–Kier alpha value is -3.77. The Bertz CT molecular complexity index is 1380. The molecule has 0 saturated carbocycles. The summed E-state index contributed by atoms with van der Waals surface area (Å²) in [7, 11) is -1.21. The molecule has 4 aromatic rings. The predicted molar refractivity (Wildman–Crippen MR) is 121 cm³/mol. The van der Waals surface area contributed by atoms with Crippen LogP contribution in [0.5, 0.6) is 11.5 Å². The van der Waals surface area contributed by atoms with Gasteiger partial charge in [0.05, 0.1) is 19.9 Å². The molecule has 12 heteroatoms. The predicted octanol–water partition coefficient (Wildman–Crippen LogP) is 3.29. The molecule has 2 heterocycles. The fourth-order valence-corrected chi connectivity index (χ4v) is 4.53. The summed E-state index contributed by atoms with van der Waals surface area (Å²) < 4.78 is 40.9. The molecule has 0 radical (unpaired) electrons. The first-order valence-electron chi connectivity index (χ1n) is 9.49. The van der Waals surface area contributed by atoms with Gasteiger partial charge in [0.1, 0.15) is 5.75 Å². The summed E-state index contributed by atoms with van der Waals surface area (Å²) in [5, 5.41) is 11.3. The third-order valence-corrected chi connectivity index (χ3v) is 6.54. The molecule has 0 fully saturated rings. The number of benzene rings is 2. The van der Waals surface area contributed by atoms with E-state index < -0.39 is 26.7 Å². The van der Waals surface area contributed by atoms with Gasteiger partial charge in [0.15, 0.2) is 16.6 Å². The first-order valence-corrected chi connectivity index (χ1v) is 12.0. The minimum Gasteiger partial charge on any atom is -0.493 e. The summed E-state index contributed by atoms with van der Waals surface area (Å²) in [6.07, 6.45) is 0. The largest absolute Gasteiger partial charge is 0.493 e. The number of rotatable bonds is 8. The van der Waals surface area contributed by atoms with Crippen molar-refractivity contribution < 1.29 is 27.1 Å². The Morgan fingerprint density at radius 3 is 2.52 bits per heavy atom. The van der Waals surface area contributed by atoms with Gasteiger partial charge in [0.25, 0.3) is 0 Å². The quantitative estimate of drug-likeness (QED) is 0.398. The number of nitrogens with zero attached hydrogens (tertiary/aromatic N) is 3. The van der Waals surface area contributed by atoms with E-state index in [4.69, 9.17) is 13.9 Å². The maximum absolute atomic E-state index is 12.6. The number of methoxy groups -OCH3 is 2. The smallest absolute Gasteiger partial charge is 0.336 e. The van der Waals surface area contributed by atoms with Gasteiger partial charge in [-0.15, -0.1) is 16.4 Å². The standard InChI is InChI=1S/C21H18N4O6S2/c1-29-16-9-8-14(10-17(16)30-2)19-24-25-21(31-19)33(27,28)12-18(26)23-20-22-15(11-32-20)13-6-4-3-5-7-13/h3-11H,12H2,1-2H3,(H,22,23,26). The van der Waals surface area contributed by atoms with E-state index in [2.05, 4.69) is 20.5 Å². The van der Waals surface area contributed by atoms with E-state index >= 15 is 0 Å². The Morgan fingerprint density at radius 2 is 1.79 bits per heavy atom. The summed E-state index contributed by atoms with van der Waals surface area (Å²) in [4.78, 5) is 16.6. The van der Waals surface area contributed by atoms with Crippen LogP contribution in [0.15, 0.2) is 63.6 Å². The third-order valence-electron chi connectivity index (χ3n) is 4.44. The Labute approximate surface area is 193 Å². The number of sulfone groups is 1. The van der Waals surface area contributed by atoms with Crippen LogP contribution in [-0.2, 0) is 14.6 Å². The Balaban J connectivity index is 1.46. The van der Waals surface area contributed by atoms with Gasteiger partial charge in [-0.25, -0.2) is 13.4 Å². The SMILES string of the molecule is COc1ccc(-c2nnc(S(=O)(=O)CC(=O)Nc3nc(-c4ccccc4)cs3)o2)cc1OC. The minimum absolute atomic E-state index is 0.0395. The van der Waals surface area contributed by atoms with E-state index in [9.17, 15) is 13.2 Å². The molecule has 1 amide bonds. The molecule has 170 valence electrons. The molecule has 2 aromatic carbocycles. The zero-order chi connectivity index (χ0) is 23.4. The lowest BCUT2D eigenvalue weighted by Gasteiger charge is -2.07. The zero-order valence-electron chi connectivity index (χ0n) is 17.5. The summed E-state index contributed by atoms with van der Waals surface area (Å²) >= 11 is 1.19. The normalized spacial score (nSPS) is 11.2. The molecule has 10 nitrogen and oxygen atoms in total. The van der Waals surface area contributed by atoms with E-state index in [-0.39, 0.29) is 11.0 Å². The molecule has 4 rings (SSSR count). The summed E-state index contributed by atoms with van der Waals surface area (Å²) in [6, 6.07) is 14.2. The lowest BCUT2D eigenvalue weighted by Crippen LogP contribution is -2.23. The van der Waals surface area contributed by atoms with Crippen molar-refractivity contribution in [1.29, 1.82) is 0 Å². The van der Waals surface area contributed by atoms with Crippen LogP contribution in [0.1, 0.15) is 0 Å². The Morgan fingerprint density at radius 1 is 1.03 bits per heavy atom. The number of amides is 1. The lowest BCUT2D eigenvalue weighted by molar-refractivity contribution is -0.113. The average Bonchev–Trinajstić information content (AvgIpc) is 3.49. The number of aromatic nitrogens is 3. The zero-order valence-corrected chi connectivity index (χ0v) is 19.1. The molecule has 0 aliphatic rings. The molecule has 0 aliphatic heterocycles. The average molecular weight is 487 g/mol. The molecule has 0 bridgehead atoms. The number of hydrogen-bond donors (Lipinski definition) is 1. The van der Waals surface area contributed by atoms with Crippen LogP contribution in [0.4, 0.5) is 5.13 Å². The second kappa shape index (κ2) is 9.38. The first-order chi connectivity index (χ1) is 15.9. The van der Waals surface area contributed by atoms with Gasteiger partial charge < -0.3 is 19.2 Å². The molecule has 0 saturated heterocycles. The molecular weight excluding hydrogens is 468 g/mol. The molecule has 0 unspecified atom stereocenters. The number of thiazole rings is 1. The highest BCUT2D eigenvalue weighted by Crippen LogP contribution is 2.32. The van der Waals surface area contributed by atoms with E-state index in [1.54, 1.807) is 23.6 Å². The van der Waals surface area contributed by atoms with Crippen LogP contribution < -0.4 is 14.8 Å². The van der Waals surface area contributed by atoms with E-state index in [0.29, 0.717) is 22.8 Å². The van der Waals surface area contributed by atoms with Crippen molar-refractivity contribution in [2.75, 3.05) is 25.3 Å². The summed E-state index contributed by atoms with van der Waals surface area (Å²) in [6.45, 7) is 0. The van der Waals surface area contributed by atoms with Crippen molar-refractivity contribution in [2.45, 2.75) is 5.22 Å². The molecule has 0 atom stereocenters. The van der Waals surface area contributed by atoms with Crippen LogP contribution in [-0.4, -0.2) is 49.5 Å². The van der Waals surface area contributed by atoms with E-state index in [0.717, 1.165) is 5.56 Å². The maximum atomic E-state index is 12.6.